The van der Waals surface area contributed by atoms with Crippen molar-refractivity contribution < 1.29 is 33.8 Å². The molecule has 1 heterocycles. The SMILES string of the molecule is CCCCCCON1C(O)C(C)OC(COP(C)(=O)O)C1O. The van der Waals surface area contributed by atoms with E-state index in [2.05, 4.69) is 6.92 Å². The molecule has 0 radical (unpaired) electrons. The molecule has 5 atom stereocenters. The van der Waals surface area contributed by atoms with Crippen molar-refractivity contribution in [2.24, 2.45) is 0 Å². The average molecular weight is 341 g/mol. The number of hydrogen-bond donors (Lipinski definition) is 3. The molecule has 22 heavy (non-hydrogen) atoms. The zero-order valence-corrected chi connectivity index (χ0v) is 14.3. The molecule has 0 saturated carbocycles. The fraction of sp³-hybridized carbons (Fsp3) is 1.00. The summed E-state index contributed by atoms with van der Waals surface area (Å²) >= 11 is 0. The van der Waals surface area contributed by atoms with Crippen LogP contribution in [-0.2, 0) is 18.7 Å². The predicted molar refractivity (Wildman–Crippen MR) is 80.0 cm³/mol. The molecule has 3 N–H and O–H groups in total. The molecule has 0 aromatic heterocycles. The van der Waals surface area contributed by atoms with E-state index in [1.165, 1.54) is 0 Å². The molecule has 0 aliphatic carbocycles. The van der Waals surface area contributed by atoms with Crippen molar-refractivity contribution in [1.82, 2.24) is 5.06 Å². The first-order valence-corrected chi connectivity index (χ1v) is 9.66. The van der Waals surface area contributed by atoms with Crippen LogP contribution in [0.15, 0.2) is 0 Å². The molecule has 0 bridgehead atoms. The van der Waals surface area contributed by atoms with Gasteiger partial charge in [0.15, 0.2) is 12.5 Å². The quantitative estimate of drug-likeness (QED) is 0.422. The molecule has 132 valence electrons. The van der Waals surface area contributed by atoms with Crippen LogP contribution in [0, 0.1) is 0 Å². The number of hydrogen-bond acceptors (Lipinski definition) is 7. The van der Waals surface area contributed by atoms with E-state index in [0.717, 1.165) is 37.4 Å². The summed E-state index contributed by atoms with van der Waals surface area (Å²) in [6.07, 6.45) is 0.157. The molecular formula is C13H28NO7P. The molecule has 1 aliphatic heterocycles. The summed E-state index contributed by atoms with van der Waals surface area (Å²) in [6.45, 7) is 4.90. The van der Waals surface area contributed by atoms with Crippen molar-refractivity contribution in [3.63, 3.8) is 0 Å². The Morgan fingerprint density at radius 3 is 2.50 bits per heavy atom. The molecule has 5 unspecified atom stereocenters. The van der Waals surface area contributed by atoms with Crippen molar-refractivity contribution in [2.75, 3.05) is 19.9 Å². The Bertz CT molecular complexity index is 364. The van der Waals surface area contributed by atoms with Crippen LogP contribution in [0.5, 0.6) is 0 Å². The lowest BCUT2D eigenvalue weighted by Crippen LogP contribution is -2.60. The summed E-state index contributed by atoms with van der Waals surface area (Å²) in [5, 5.41) is 21.3. The van der Waals surface area contributed by atoms with Crippen LogP contribution in [0.1, 0.15) is 39.5 Å². The number of aliphatic hydroxyl groups excluding tert-OH is 2. The van der Waals surface area contributed by atoms with Gasteiger partial charge in [0.05, 0.1) is 19.3 Å². The largest absolute Gasteiger partial charge is 0.373 e. The van der Waals surface area contributed by atoms with E-state index in [1.807, 2.05) is 0 Å². The molecule has 8 nitrogen and oxygen atoms in total. The number of morpholine rings is 1. The molecule has 0 spiro atoms. The van der Waals surface area contributed by atoms with Gasteiger partial charge in [-0.2, -0.15) is 0 Å². The van der Waals surface area contributed by atoms with E-state index in [9.17, 15) is 14.8 Å². The van der Waals surface area contributed by atoms with Crippen LogP contribution in [0.3, 0.4) is 0 Å². The lowest BCUT2D eigenvalue weighted by Gasteiger charge is -2.43. The smallest absolute Gasteiger partial charge is 0.325 e. The Balaban J connectivity index is 2.51. The molecular weight excluding hydrogens is 313 g/mol. The minimum Gasteiger partial charge on any atom is -0.373 e. The second kappa shape index (κ2) is 9.30. The number of nitrogens with zero attached hydrogens (tertiary/aromatic N) is 1. The standard InChI is InChI=1S/C13H28NO7P/c1-4-5-6-7-8-19-14-12(15)10(2)21-11(13(14)16)9-20-22(3,17)18/h10-13,15-16H,4-9H2,1-3H3,(H,17,18). The minimum atomic E-state index is -3.66. The summed E-state index contributed by atoms with van der Waals surface area (Å²) in [4.78, 5) is 14.6. The van der Waals surface area contributed by atoms with Gasteiger partial charge in [0, 0.05) is 6.66 Å². The van der Waals surface area contributed by atoms with E-state index >= 15 is 0 Å². The van der Waals surface area contributed by atoms with Gasteiger partial charge in [0.2, 0.25) is 0 Å². The zero-order valence-electron chi connectivity index (χ0n) is 13.4. The van der Waals surface area contributed by atoms with Crippen LogP contribution in [-0.4, -0.2) is 64.7 Å². The van der Waals surface area contributed by atoms with Crippen LogP contribution in [0.2, 0.25) is 0 Å². The van der Waals surface area contributed by atoms with Crippen molar-refractivity contribution in [3.05, 3.63) is 0 Å². The number of unbranched alkanes of at least 4 members (excludes halogenated alkanes) is 3. The van der Waals surface area contributed by atoms with Gasteiger partial charge < -0.3 is 24.4 Å². The molecule has 1 saturated heterocycles. The molecule has 1 aliphatic rings. The molecule has 1 rings (SSSR count). The normalized spacial score (nSPS) is 32.8. The third kappa shape index (κ3) is 6.60. The second-order valence-electron chi connectivity index (χ2n) is 5.56. The first-order valence-electron chi connectivity index (χ1n) is 7.64. The maximum atomic E-state index is 11.2. The zero-order chi connectivity index (χ0) is 16.8. The van der Waals surface area contributed by atoms with E-state index in [-0.39, 0.29) is 6.61 Å². The summed E-state index contributed by atoms with van der Waals surface area (Å²) in [5.74, 6) is 0. The van der Waals surface area contributed by atoms with Gasteiger partial charge in [-0.1, -0.05) is 26.2 Å². The maximum Gasteiger partial charge on any atom is 0.325 e. The van der Waals surface area contributed by atoms with Gasteiger partial charge >= 0.3 is 7.60 Å². The summed E-state index contributed by atoms with van der Waals surface area (Å²) in [6, 6.07) is 0. The summed E-state index contributed by atoms with van der Waals surface area (Å²) in [5.41, 5.74) is 0. The fourth-order valence-electron chi connectivity index (χ4n) is 2.13. The van der Waals surface area contributed by atoms with Gasteiger partial charge in [-0.25, -0.2) is 0 Å². The van der Waals surface area contributed by atoms with Crippen LogP contribution >= 0.6 is 7.60 Å². The number of ether oxygens (including phenoxy) is 1. The highest BCUT2D eigenvalue weighted by atomic mass is 31.2. The monoisotopic (exact) mass is 341 g/mol. The highest BCUT2D eigenvalue weighted by Crippen LogP contribution is 2.37. The van der Waals surface area contributed by atoms with Crippen LogP contribution in [0.25, 0.3) is 0 Å². The number of aliphatic hydroxyl groups is 2. The highest BCUT2D eigenvalue weighted by Gasteiger charge is 2.42. The van der Waals surface area contributed by atoms with Crippen molar-refractivity contribution in [2.45, 2.75) is 64.2 Å². The fourth-order valence-corrected chi connectivity index (χ4v) is 2.56. The third-order valence-corrected chi connectivity index (χ3v) is 4.01. The Morgan fingerprint density at radius 1 is 1.23 bits per heavy atom. The lowest BCUT2D eigenvalue weighted by atomic mass is 10.2. The number of hydroxylamine groups is 2. The summed E-state index contributed by atoms with van der Waals surface area (Å²) < 4.78 is 21.4. The summed E-state index contributed by atoms with van der Waals surface area (Å²) in [7, 11) is -3.66. The topological polar surface area (TPSA) is 109 Å². The van der Waals surface area contributed by atoms with Gasteiger partial charge in [-0.15, -0.1) is 5.06 Å². The highest BCUT2D eigenvalue weighted by molar-refractivity contribution is 7.51. The van der Waals surface area contributed by atoms with Crippen molar-refractivity contribution in [1.29, 1.82) is 0 Å². The predicted octanol–water partition coefficient (Wildman–Crippen LogP) is 1.06. The molecule has 1 fully saturated rings. The molecule has 0 amide bonds. The van der Waals surface area contributed by atoms with E-state index in [4.69, 9.17) is 19.0 Å². The van der Waals surface area contributed by atoms with Crippen LogP contribution in [0.4, 0.5) is 0 Å². The molecule has 0 aromatic rings. The first-order chi connectivity index (χ1) is 10.3. The first kappa shape index (κ1) is 20.0. The Morgan fingerprint density at radius 2 is 1.91 bits per heavy atom. The van der Waals surface area contributed by atoms with Gasteiger partial charge in [-0.3, -0.25) is 9.40 Å². The Kier molecular flexibility index (Phi) is 8.45. The van der Waals surface area contributed by atoms with Crippen LogP contribution < -0.4 is 0 Å². The van der Waals surface area contributed by atoms with Gasteiger partial charge in [0.1, 0.15) is 6.10 Å². The maximum absolute atomic E-state index is 11.2. The van der Waals surface area contributed by atoms with Gasteiger partial charge in [-0.05, 0) is 13.3 Å². The Hall–Kier alpha value is -0.0500. The third-order valence-electron chi connectivity index (χ3n) is 3.38. The Labute approximate surface area is 131 Å². The van der Waals surface area contributed by atoms with Crippen molar-refractivity contribution >= 4 is 7.60 Å². The lowest BCUT2D eigenvalue weighted by molar-refractivity contribution is -0.376. The number of rotatable bonds is 9. The second-order valence-corrected chi connectivity index (χ2v) is 7.42. The van der Waals surface area contributed by atoms with Crippen molar-refractivity contribution in [3.8, 4) is 0 Å². The molecule has 0 aromatic carbocycles. The minimum absolute atomic E-state index is 0.266. The van der Waals surface area contributed by atoms with Gasteiger partial charge in [0.25, 0.3) is 0 Å². The molecule has 9 heteroatoms. The average Bonchev–Trinajstić information content (AvgIpc) is 2.43. The van der Waals surface area contributed by atoms with E-state index in [1.54, 1.807) is 6.92 Å². The van der Waals surface area contributed by atoms with E-state index < -0.39 is 32.3 Å². The van der Waals surface area contributed by atoms with E-state index in [0.29, 0.717) is 6.61 Å².